The molecule has 0 saturated carbocycles. The SMILES string of the molecule is CCN(CC)CCCNC(=NC)NC.I. The predicted molar refractivity (Wildman–Crippen MR) is 78.2 cm³/mol. The maximum absolute atomic E-state index is 4.04. The third-order valence-corrected chi connectivity index (χ3v) is 2.30. The zero-order valence-electron chi connectivity index (χ0n) is 10.3. The topological polar surface area (TPSA) is 39.7 Å². The van der Waals surface area contributed by atoms with Crippen LogP contribution in [-0.4, -0.2) is 51.1 Å². The fraction of sp³-hybridized carbons (Fsp3) is 0.900. The molecule has 0 aromatic heterocycles. The van der Waals surface area contributed by atoms with Crippen LogP contribution in [0.3, 0.4) is 0 Å². The minimum atomic E-state index is 0. The lowest BCUT2D eigenvalue weighted by molar-refractivity contribution is 0.300. The minimum Gasteiger partial charge on any atom is -0.359 e. The fourth-order valence-electron chi connectivity index (χ4n) is 1.33. The zero-order chi connectivity index (χ0) is 10.8. The average molecular weight is 328 g/mol. The lowest BCUT2D eigenvalue weighted by Crippen LogP contribution is -2.36. The van der Waals surface area contributed by atoms with Crippen molar-refractivity contribution >= 4 is 29.9 Å². The largest absolute Gasteiger partial charge is 0.359 e. The number of nitrogens with one attached hydrogen (secondary N) is 2. The van der Waals surface area contributed by atoms with Crippen LogP contribution in [0.4, 0.5) is 0 Å². The Balaban J connectivity index is 0. The van der Waals surface area contributed by atoms with E-state index < -0.39 is 0 Å². The predicted octanol–water partition coefficient (Wildman–Crippen LogP) is 1.13. The molecular weight excluding hydrogens is 303 g/mol. The highest BCUT2D eigenvalue weighted by atomic mass is 127. The van der Waals surface area contributed by atoms with E-state index in [1.807, 2.05) is 7.05 Å². The molecule has 0 heterocycles. The van der Waals surface area contributed by atoms with Gasteiger partial charge in [-0.15, -0.1) is 24.0 Å². The highest BCUT2D eigenvalue weighted by Crippen LogP contribution is 1.88. The molecule has 0 spiro atoms. The van der Waals surface area contributed by atoms with E-state index in [1.165, 1.54) is 0 Å². The average Bonchev–Trinajstić information content (AvgIpc) is 2.24. The van der Waals surface area contributed by atoms with Crippen molar-refractivity contribution in [2.24, 2.45) is 4.99 Å². The number of halogens is 1. The van der Waals surface area contributed by atoms with Crippen molar-refractivity contribution in [3.63, 3.8) is 0 Å². The minimum absolute atomic E-state index is 0. The second-order valence-corrected chi connectivity index (χ2v) is 3.13. The summed E-state index contributed by atoms with van der Waals surface area (Å²) in [6.07, 6.45) is 1.16. The van der Waals surface area contributed by atoms with Crippen LogP contribution in [0.1, 0.15) is 20.3 Å². The molecule has 5 heteroatoms. The summed E-state index contributed by atoms with van der Waals surface area (Å²) >= 11 is 0. The van der Waals surface area contributed by atoms with Crippen LogP contribution >= 0.6 is 24.0 Å². The number of aliphatic imine (C=N–C) groups is 1. The van der Waals surface area contributed by atoms with Gasteiger partial charge in [0.2, 0.25) is 0 Å². The summed E-state index contributed by atoms with van der Waals surface area (Å²) < 4.78 is 0. The van der Waals surface area contributed by atoms with Crippen molar-refractivity contribution < 1.29 is 0 Å². The van der Waals surface area contributed by atoms with Crippen LogP contribution in [0, 0.1) is 0 Å². The molecule has 0 radical (unpaired) electrons. The maximum atomic E-state index is 4.04. The summed E-state index contributed by atoms with van der Waals surface area (Å²) in [5.41, 5.74) is 0. The van der Waals surface area contributed by atoms with Crippen molar-refractivity contribution in [1.82, 2.24) is 15.5 Å². The van der Waals surface area contributed by atoms with Gasteiger partial charge < -0.3 is 15.5 Å². The summed E-state index contributed by atoms with van der Waals surface area (Å²) in [6, 6.07) is 0. The molecular formula is C10H25IN4. The zero-order valence-corrected chi connectivity index (χ0v) is 12.7. The summed E-state index contributed by atoms with van der Waals surface area (Å²) in [7, 11) is 3.66. The molecule has 0 fully saturated rings. The van der Waals surface area contributed by atoms with Crippen LogP contribution in [0.15, 0.2) is 4.99 Å². The Morgan fingerprint density at radius 1 is 1.27 bits per heavy atom. The molecule has 0 aliphatic carbocycles. The van der Waals surface area contributed by atoms with Crippen LogP contribution in [-0.2, 0) is 0 Å². The highest BCUT2D eigenvalue weighted by molar-refractivity contribution is 14.0. The fourth-order valence-corrected chi connectivity index (χ4v) is 1.33. The van der Waals surface area contributed by atoms with E-state index in [0.29, 0.717) is 0 Å². The van der Waals surface area contributed by atoms with Crippen molar-refractivity contribution in [1.29, 1.82) is 0 Å². The number of guanidine groups is 1. The quantitative estimate of drug-likeness (QED) is 0.332. The second kappa shape index (κ2) is 12.0. The van der Waals surface area contributed by atoms with E-state index in [0.717, 1.165) is 38.6 Å². The summed E-state index contributed by atoms with van der Waals surface area (Å²) in [4.78, 5) is 6.46. The molecule has 4 nitrogen and oxygen atoms in total. The van der Waals surface area contributed by atoms with Crippen LogP contribution in [0.5, 0.6) is 0 Å². The van der Waals surface area contributed by atoms with Gasteiger partial charge in [0.1, 0.15) is 0 Å². The smallest absolute Gasteiger partial charge is 0.190 e. The molecule has 15 heavy (non-hydrogen) atoms. The van der Waals surface area contributed by atoms with Gasteiger partial charge in [-0.25, -0.2) is 0 Å². The van der Waals surface area contributed by atoms with E-state index in [2.05, 4.69) is 34.4 Å². The lowest BCUT2D eigenvalue weighted by Gasteiger charge is -2.18. The molecule has 0 unspecified atom stereocenters. The van der Waals surface area contributed by atoms with E-state index in [4.69, 9.17) is 0 Å². The van der Waals surface area contributed by atoms with E-state index in [9.17, 15) is 0 Å². The van der Waals surface area contributed by atoms with E-state index >= 15 is 0 Å². The number of hydrogen-bond donors (Lipinski definition) is 2. The summed E-state index contributed by atoms with van der Waals surface area (Å²) in [5.74, 6) is 0.865. The second-order valence-electron chi connectivity index (χ2n) is 3.13. The normalized spacial score (nSPS) is 11.1. The van der Waals surface area contributed by atoms with Gasteiger partial charge in [0.05, 0.1) is 0 Å². The molecule has 2 N–H and O–H groups in total. The van der Waals surface area contributed by atoms with Crippen molar-refractivity contribution in [2.45, 2.75) is 20.3 Å². The van der Waals surface area contributed by atoms with Gasteiger partial charge in [-0.2, -0.15) is 0 Å². The Hall–Kier alpha value is -0.0400. The van der Waals surface area contributed by atoms with E-state index in [-0.39, 0.29) is 24.0 Å². The number of hydrogen-bond acceptors (Lipinski definition) is 2. The Morgan fingerprint density at radius 3 is 2.27 bits per heavy atom. The van der Waals surface area contributed by atoms with Crippen LogP contribution in [0.25, 0.3) is 0 Å². The van der Waals surface area contributed by atoms with Crippen LogP contribution in [0.2, 0.25) is 0 Å². The highest BCUT2D eigenvalue weighted by Gasteiger charge is 1.98. The Kier molecular flexibility index (Phi) is 13.9. The first-order chi connectivity index (χ1) is 6.78. The van der Waals surface area contributed by atoms with Gasteiger partial charge in [-0.1, -0.05) is 13.8 Å². The molecule has 0 saturated heterocycles. The standard InChI is InChI=1S/C10H24N4.HI/c1-5-14(6-2)9-7-8-13-10(11-3)12-4;/h5-9H2,1-4H3,(H2,11,12,13);1H. The molecule has 0 aliphatic heterocycles. The van der Waals surface area contributed by atoms with Gasteiger partial charge in [-0.05, 0) is 26.1 Å². The molecule has 0 aliphatic rings. The molecule has 0 atom stereocenters. The summed E-state index contributed by atoms with van der Waals surface area (Å²) in [6.45, 7) is 8.80. The van der Waals surface area contributed by atoms with Crippen molar-refractivity contribution in [3.8, 4) is 0 Å². The van der Waals surface area contributed by atoms with Gasteiger partial charge in [0, 0.05) is 20.6 Å². The molecule has 0 bridgehead atoms. The van der Waals surface area contributed by atoms with Crippen LogP contribution < -0.4 is 10.6 Å². The molecule has 0 amide bonds. The molecule has 92 valence electrons. The third-order valence-electron chi connectivity index (χ3n) is 2.30. The van der Waals surface area contributed by atoms with E-state index in [1.54, 1.807) is 7.05 Å². The Labute approximate surface area is 111 Å². The van der Waals surface area contributed by atoms with Gasteiger partial charge in [0.15, 0.2) is 5.96 Å². The third kappa shape index (κ3) is 8.92. The first kappa shape index (κ1) is 17.4. The maximum Gasteiger partial charge on any atom is 0.190 e. The van der Waals surface area contributed by atoms with Gasteiger partial charge >= 0.3 is 0 Å². The van der Waals surface area contributed by atoms with Crippen molar-refractivity contribution in [3.05, 3.63) is 0 Å². The Morgan fingerprint density at radius 2 is 1.87 bits per heavy atom. The first-order valence-electron chi connectivity index (χ1n) is 5.39. The lowest BCUT2D eigenvalue weighted by atomic mass is 10.3. The van der Waals surface area contributed by atoms with Gasteiger partial charge in [-0.3, -0.25) is 4.99 Å². The van der Waals surface area contributed by atoms with Crippen molar-refractivity contribution in [2.75, 3.05) is 40.3 Å². The molecule has 0 aromatic carbocycles. The molecule has 0 rings (SSSR count). The molecule has 0 aromatic rings. The van der Waals surface area contributed by atoms with Gasteiger partial charge in [0.25, 0.3) is 0 Å². The summed E-state index contributed by atoms with van der Waals surface area (Å²) in [5, 5.41) is 6.23. The Bertz CT molecular complexity index is 158. The number of nitrogens with zero attached hydrogens (tertiary/aromatic N) is 2. The first-order valence-corrected chi connectivity index (χ1v) is 5.39. The monoisotopic (exact) mass is 328 g/mol. The number of rotatable bonds is 6.